The number of imidazole rings is 1. The van der Waals surface area contributed by atoms with Crippen LogP contribution >= 0.6 is 0 Å². The monoisotopic (exact) mass is 451 g/mol. The van der Waals surface area contributed by atoms with Gasteiger partial charge < -0.3 is 9.88 Å². The van der Waals surface area contributed by atoms with Crippen molar-refractivity contribution in [1.29, 1.82) is 0 Å². The van der Waals surface area contributed by atoms with E-state index < -0.39 is 0 Å². The molecule has 0 spiro atoms. The number of nitrogens with one attached hydrogen (secondary N) is 1. The molecule has 1 fully saturated rings. The zero-order valence-electron chi connectivity index (χ0n) is 18.8. The first-order valence-corrected chi connectivity index (χ1v) is 11.8. The molecule has 1 aliphatic carbocycles. The second kappa shape index (κ2) is 8.50. The van der Waals surface area contributed by atoms with Crippen LogP contribution in [0.5, 0.6) is 0 Å². The molecule has 2 aliphatic rings. The van der Waals surface area contributed by atoms with Crippen molar-refractivity contribution in [2.75, 3.05) is 37.6 Å². The average Bonchev–Trinajstić information content (AvgIpc) is 3.31. The van der Waals surface area contributed by atoms with Crippen LogP contribution in [0.25, 0.3) is 11.0 Å². The van der Waals surface area contributed by atoms with Crippen LogP contribution in [0.1, 0.15) is 44.1 Å². The third-order valence-electron chi connectivity index (χ3n) is 6.83. The molecule has 170 valence electrons. The quantitative estimate of drug-likeness (QED) is 0.441. The van der Waals surface area contributed by atoms with Crippen LogP contribution in [0.4, 0.5) is 5.82 Å². The SMILES string of the molecule is O=C1c2ccccc2C(=O)c2c1ccc1[nH]c(CCCN3CCN(c4ccccn4)CC3)nc21. The van der Waals surface area contributed by atoms with E-state index in [1.54, 1.807) is 30.3 Å². The predicted octanol–water partition coefficient (Wildman–Crippen LogP) is 3.49. The number of hydrogen-bond donors (Lipinski definition) is 1. The number of aromatic amines is 1. The lowest BCUT2D eigenvalue weighted by Crippen LogP contribution is -2.47. The number of ketones is 2. The molecular weight excluding hydrogens is 426 g/mol. The van der Waals surface area contributed by atoms with Gasteiger partial charge in [-0.25, -0.2) is 9.97 Å². The number of piperazine rings is 1. The van der Waals surface area contributed by atoms with Crippen LogP contribution in [0.2, 0.25) is 0 Å². The predicted molar refractivity (Wildman–Crippen MR) is 131 cm³/mol. The van der Waals surface area contributed by atoms with Crippen LogP contribution in [0.3, 0.4) is 0 Å². The maximum atomic E-state index is 13.2. The molecule has 7 heteroatoms. The smallest absolute Gasteiger partial charge is 0.196 e. The van der Waals surface area contributed by atoms with Gasteiger partial charge >= 0.3 is 0 Å². The van der Waals surface area contributed by atoms with Crippen molar-refractivity contribution in [1.82, 2.24) is 19.9 Å². The number of rotatable bonds is 5. The second-order valence-corrected chi connectivity index (χ2v) is 8.89. The number of carbonyl (C=O) groups excluding carboxylic acids is 2. The number of aromatic nitrogens is 3. The lowest BCUT2D eigenvalue weighted by atomic mass is 9.83. The minimum absolute atomic E-state index is 0.110. The van der Waals surface area contributed by atoms with E-state index in [0.717, 1.165) is 62.7 Å². The lowest BCUT2D eigenvalue weighted by molar-refractivity contribution is 0.0980. The van der Waals surface area contributed by atoms with Crippen molar-refractivity contribution in [2.24, 2.45) is 0 Å². The number of nitrogens with zero attached hydrogens (tertiary/aromatic N) is 4. The van der Waals surface area contributed by atoms with E-state index in [9.17, 15) is 9.59 Å². The van der Waals surface area contributed by atoms with Gasteiger partial charge in [0, 0.05) is 55.5 Å². The van der Waals surface area contributed by atoms with Gasteiger partial charge in [-0.1, -0.05) is 30.3 Å². The number of hydrogen-bond acceptors (Lipinski definition) is 6. The fourth-order valence-corrected chi connectivity index (χ4v) is 5.03. The number of aryl methyl sites for hydroxylation is 1. The fraction of sp³-hybridized carbons (Fsp3) is 0.259. The van der Waals surface area contributed by atoms with E-state index >= 15 is 0 Å². The number of H-pyrrole nitrogens is 1. The highest BCUT2D eigenvalue weighted by Gasteiger charge is 2.32. The zero-order chi connectivity index (χ0) is 23.1. The summed E-state index contributed by atoms with van der Waals surface area (Å²) in [6.45, 7) is 4.98. The number of carbonyl (C=O) groups is 2. The summed E-state index contributed by atoms with van der Waals surface area (Å²) in [4.78, 5) is 43.5. The van der Waals surface area contributed by atoms with E-state index in [2.05, 4.69) is 25.8 Å². The number of fused-ring (bicyclic) bond motifs is 4. The Morgan fingerprint density at radius 1 is 0.824 bits per heavy atom. The second-order valence-electron chi connectivity index (χ2n) is 8.89. The van der Waals surface area contributed by atoms with Crippen molar-refractivity contribution < 1.29 is 9.59 Å². The van der Waals surface area contributed by atoms with Gasteiger partial charge in [0.15, 0.2) is 11.6 Å². The molecule has 2 aromatic carbocycles. The van der Waals surface area contributed by atoms with Crippen LogP contribution < -0.4 is 4.90 Å². The maximum absolute atomic E-state index is 13.2. The lowest BCUT2D eigenvalue weighted by Gasteiger charge is -2.35. The summed E-state index contributed by atoms with van der Waals surface area (Å²) < 4.78 is 0. The minimum atomic E-state index is -0.125. The largest absolute Gasteiger partial charge is 0.354 e. The Morgan fingerprint density at radius 3 is 2.35 bits per heavy atom. The molecule has 7 nitrogen and oxygen atoms in total. The summed E-state index contributed by atoms with van der Waals surface area (Å²) in [5.41, 5.74) is 3.21. The molecule has 6 rings (SSSR count). The van der Waals surface area contributed by atoms with Gasteiger partial charge in [-0.2, -0.15) is 0 Å². The Hall–Kier alpha value is -3.84. The van der Waals surface area contributed by atoms with E-state index in [1.807, 2.05) is 24.4 Å². The molecule has 1 N–H and O–H groups in total. The molecule has 0 amide bonds. The molecule has 2 aromatic heterocycles. The Labute approximate surface area is 197 Å². The van der Waals surface area contributed by atoms with Crippen molar-refractivity contribution in [3.05, 3.63) is 88.9 Å². The molecule has 0 unspecified atom stereocenters. The molecule has 1 aliphatic heterocycles. The van der Waals surface area contributed by atoms with Crippen LogP contribution in [0.15, 0.2) is 60.8 Å². The Balaban J connectivity index is 1.13. The van der Waals surface area contributed by atoms with Gasteiger partial charge in [-0.3, -0.25) is 14.5 Å². The van der Waals surface area contributed by atoms with Crippen molar-refractivity contribution in [2.45, 2.75) is 12.8 Å². The first kappa shape index (κ1) is 20.7. The molecule has 0 radical (unpaired) electrons. The summed E-state index contributed by atoms with van der Waals surface area (Å²) in [5, 5.41) is 0. The Bertz CT molecular complexity index is 1390. The maximum Gasteiger partial charge on any atom is 0.196 e. The molecule has 0 saturated carbocycles. The highest BCUT2D eigenvalue weighted by molar-refractivity contribution is 6.31. The van der Waals surface area contributed by atoms with E-state index in [-0.39, 0.29) is 11.6 Å². The molecule has 34 heavy (non-hydrogen) atoms. The van der Waals surface area contributed by atoms with E-state index in [1.165, 1.54) is 0 Å². The number of anilines is 1. The summed E-state index contributed by atoms with van der Waals surface area (Å²) in [6, 6.07) is 16.7. The first-order chi connectivity index (χ1) is 16.7. The molecule has 4 aromatic rings. The zero-order valence-corrected chi connectivity index (χ0v) is 18.8. The van der Waals surface area contributed by atoms with Gasteiger partial charge in [0.2, 0.25) is 0 Å². The molecular formula is C27H25N5O2. The highest BCUT2D eigenvalue weighted by Crippen LogP contribution is 2.31. The summed E-state index contributed by atoms with van der Waals surface area (Å²) in [5.74, 6) is 1.67. The van der Waals surface area contributed by atoms with Gasteiger partial charge in [0.1, 0.15) is 17.2 Å². The summed E-state index contributed by atoms with van der Waals surface area (Å²) in [6.07, 6.45) is 3.61. The number of pyridine rings is 1. The molecule has 3 heterocycles. The van der Waals surface area contributed by atoms with Crippen molar-refractivity contribution in [3.8, 4) is 0 Å². The Kier molecular flexibility index (Phi) is 5.19. The van der Waals surface area contributed by atoms with Crippen LogP contribution in [-0.4, -0.2) is 64.1 Å². The number of benzene rings is 2. The van der Waals surface area contributed by atoms with Crippen molar-refractivity contribution >= 4 is 28.4 Å². The average molecular weight is 452 g/mol. The highest BCUT2D eigenvalue weighted by atomic mass is 16.1. The molecule has 0 atom stereocenters. The summed E-state index contributed by atoms with van der Waals surface area (Å²) in [7, 11) is 0. The normalized spacial score (nSPS) is 16.1. The van der Waals surface area contributed by atoms with Gasteiger partial charge in [0.05, 0.1) is 11.1 Å². The first-order valence-electron chi connectivity index (χ1n) is 11.8. The minimum Gasteiger partial charge on any atom is -0.354 e. The van der Waals surface area contributed by atoms with E-state index in [4.69, 9.17) is 4.98 Å². The standard InChI is InChI=1S/C27H25N5O2/c33-26-18-6-1-2-7-19(18)27(34)24-20(26)10-11-21-25(24)30-22(29-21)8-5-13-31-14-16-32(17-15-31)23-9-3-4-12-28-23/h1-4,6-7,9-12H,5,8,13-17H2,(H,29,30). The van der Waals surface area contributed by atoms with Crippen molar-refractivity contribution in [3.63, 3.8) is 0 Å². The Morgan fingerprint density at radius 2 is 1.59 bits per heavy atom. The van der Waals surface area contributed by atoms with E-state index in [0.29, 0.717) is 27.8 Å². The third-order valence-corrected chi connectivity index (χ3v) is 6.83. The summed E-state index contributed by atoms with van der Waals surface area (Å²) >= 11 is 0. The van der Waals surface area contributed by atoms with Crippen LogP contribution in [0, 0.1) is 0 Å². The molecule has 1 saturated heterocycles. The fourth-order valence-electron chi connectivity index (χ4n) is 5.03. The third kappa shape index (κ3) is 3.58. The topological polar surface area (TPSA) is 82.2 Å². The van der Waals surface area contributed by atoms with Gasteiger partial charge in [0.25, 0.3) is 0 Å². The van der Waals surface area contributed by atoms with Gasteiger partial charge in [-0.05, 0) is 37.2 Å². The molecule has 0 bridgehead atoms. The van der Waals surface area contributed by atoms with Gasteiger partial charge in [-0.15, -0.1) is 0 Å². The van der Waals surface area contributed by atoms with Crippen LogP contribution in [-0.2, 0) is 6.42 Å².